The largest absolute Gasteiger partial charge is 0.491 e. The number of carboxylic acids is 2. The van der Waals surface area contributed by atoms with Crippen molar-refractivity contribution in [1.29, 1.82) is 0 Å². The van der Waals surface area contributed by atoms with Crippen molar-refractivity contribution in [2.24, 2.45) is 4.99 Å². The van der Waals surface area contributed by atoms with E-state index in [0.29, 0.717) is 122 Å². The summed E-state index contributed by atoms with van der Waals surface area (Å²) in [5.41, 5.74) is 2.02. The van der Waals surface area contributed by atoms with E-state index in [4.69, 9.17) is 28.4 Å². The maximum Gasteiger partial charge on any atom is 0.354 e. The van der Waals surface area contributed by atoms with E-state index in [1.807, 2.05) is 36.4 Å². The van der Waals surface area contributed by atoms with Crippen LogP contribution in [0, 0.1) is 0 Å². The fourth-order valence-corrected chi connectivity index (χ4v) is 6.27. The molecule has 3 aromatic rings. The topological polar surface area (TPSA) is 175 Å². The number of hydrogen-bond donors (Lipinski definition) is 2. The lowest BCUT2D eigenvalue weighted by molar-refractivity contribution is -0.0238. The Morgan fingerprint density at radius 2 is 1.36 bits per heavy atom. The standard InChI is InChI=1S/C38H49N5O10S2/c44-37(45)35-5-1-3-31(40-35)25-42-11-15-48-19-20-49-16-12-43(26-32-4-2-6-36(41-32)38(46)47)14-18-52-34(27-51-17-13-42)28-55-24-23-50-21-22-53-33-9-7-30(8-10-33)39-29-54/h1-10,34H,11-28H2,(H,44,45)(H,46,47)/t34-/m0/s1. The number of rotatable bonds is 16. The van der Waals surface area contributed by atoms with Crippen LogP contribution >= 0.6 is 24.0 Å². The first-order valence-corrected chi connectivity index (χ1v) is 19.6. The van der Waals surface area contributed by atoms with Crippen molar-refractivity contribution in [3.05, 3.63) is 83.4 Å². The van der Waals surface area contributed by atoms with E-state index in [0.717, 1.165) is 17.2 Å². The highest BCUT2D eigenvalue weighted by Gasteiger charge is 2.16. The Balaban J connectivity index is 1.29. The highest BCUT2D eigenvalue weighted by Crippen LogP contribution is 2.17. The molecule has 0 amide bonds. The fraction of sp³-hybridized carbons (Fsp3) is 0.500. The van der Waals surface area contributed by atoms with Gasteiger partial charge in [0.1, 0.15) is 23.7 Å². The van der Waals surface area contributed by atoms with Crippen molar-refractivity contribution >= 4 is 46.8 Å². The highest BCUT2D eigenvalue weighted by atomic mass is 32.2. The number of benzene rings is 1. The minimum absolute atomic E-state index is 0.00137. The third kappa shape index (κ3) is 18.1. The Labute approximate surface area is 330 Å². The quantitative estimate of drug-likeness (QED) is 0.120. The maximum atomic E-state index is 11.5. The Kier molecular flexibility index (Phi) is 20.8. The number of aliphatic imine (C=N–C) groups is 1. The Hall–Kier alpha value is -3.87. The lowest BCUT2D eigenvalue weighted by Gasteiger charge is -2.25. The second kappa shape index (κ2) is 26.1. The van der Waals surface area contributed by atoms with E-state index in [2.05, 4.69) is 42.1 Å². The number of carboxylic acid groups (broad SMARTS) is 2. The maximum absolute atomic E-state index is 11.5. The first kappa shape index (κ1) is 43.9. The van der Waals surface area contributed by atoms with Crippen molar-refractivity contribution in [3.8, 4) is 5.75 Å². The first-order valence-electron chi connectivity index (χ1n) is 18.0. The monoisotopic (exact) mass is 799 g/mol. The van der Waals surface area contributed by atoms with Crippen LogP contribution in [0.15, 0.2) is 65.7 Å². The molecule has 1 atom stereocenters. The molecule has 55 heavy (non-hydrogen) atoms. The molecule has 1 aliphatic rings. The summed E-state index contributed by atoms with van der Waals surface area (Å²) in [7, 11) is 0. The SMILES string of the molecule is O=C(O)c1cccc(CN2CCOCCOCCN(Cc3cccc(C(=O)O)n3)CCO[C@H](CSCCOCCOc3ccc(N=C=S)cc3)COCC2)n1. The number of aromatic carboxylic acids is 2. The van der Waals surface area contributed by atoms with Crippen LogP contribution in [0.4, 0.5) is 5.69 Å². The number of thiocarbonyl (C=S) groups is 1. The van der Waals surface area contributed by atoms with Gasteiger partial charge in [-0.1, -0.05) is 12.1 Å². The zero-order chi connectivity index (χ0) is 38.9. The van der Waals surface area contributed by atoms with Gasteiger partial charge in [0.15, 0.2) is 0 Å². The van der Waals surface area contributed by atoms with Crippen molar-refractivity contribution in [1.82, 2.24) is 19.8 Å². The van der Waals surface area contributed by atoms with Crippen molar-refractivity contribution in [2.75, 3.05) is 104 Å². The van der Waals surface area contributed by atoms with Gasteiger partial charge in [-0.15, -0.1) is 0 Å². The number of nitrogens with zero attached hydrogens (tertiary/aromatic N) is 5. The molecule has 0 aliphatic carbocycles. The summed E-state index contributed by atoms with van der Waals surface area (Å²) in [4.78, 5) is 39.7. The summed E-state index contributed by atoms with van der Waals surface area (Å²) in [6.07, 6.45) is -0.199. The number of hydrogen-bond acceptors (Lipinski definition) is 15. The average Bonchev–Trinajstić information content (AvgIpc) is 3.18. The Morgan fingerprint density at radius 1 is 0.782 bits per heavy atom. The van der Waals surface area contributed by atoms with Crippen molar-refractivity contribution in [3.63, 3.8) is 0 Å². The number of thioether (sulfide) groups is 1. The Bertz CT molecular complexity index is 1630. The molecule has 15 nitrogen and oxygen atoms in total. The zero-order valence-electron chi connectivity index (χ0n) is 30.8. The van der Waals surface area contributed by atoms with Gasteiger partial charge in [-0.3, -0.25) is 9.80 Å². The molecule has 0 bridgehead atoms. The van der Waals surface area contributed by atoms with E-state index in [1.54, 1.807) is 23.9 Å². The molecule has 3 heterocycles. The smallest absolute Gasteiger partial charge is 0.354 e. The van der Waals surface area contributed by atoms with E-state index in [-0.39, 0.29) is 17.5 Å². The van der Waals surface area contributed by atoms with Gasteiger partial charge >= 0.3 is 11.9 Å². The van der Waals surface area contributed by atoms with Crippen LogP contribution in [-0.4, -0.2) is 157 Å². The van der Waals surface area contributed by atoms with Gasteiger partial charge in [-0.05, 0) is 60.7 Å². The van der Waals surface area contributed by atoms with Gasteiger partial charge < -0.3 is 38.6 Å². The van der Waals surface area contributed by atoms with Crippen LogP contribution in [0.1, 0.15) is 32.4 Å². The summed E-state index contributed by atoms with van der Waals surface area (Å²) in [5.74, 6) is 0.0305. The second-order valence-corrected chi connectivity index (χ2v) is 13.5. The van der Waals surface area contributed by atoms with E-state index in [1.165, 1.54) is 12.1 Å². The van der Waals surface area contributed by atoms with Crippen LogP contribution in [-0.2, 0) is 36.8 Å². The molecule has 1 aromatic carbocycles. The predicted octanol–water partition coefficient (Wildman–Crippen LogP) is 4.19. The number of aromatic nitrogens is 2. The van der Waals surface area contributed by atoms with Crippen LogP contribution in [0.2, 0.25) is 0 Å². The average molecular weight is 800 g/mol. The van der Waals surface area contributed by atoms with Crippen molar-refractivity contribution < 1.29 is 48.2 Å². The summed E-state index contributed by atoms with van der Waals surface area (Å²) >= 11 is 6.34. The fourth-order valence-electron chi connectivity index (χ4n) is 5.30. The van der Waals surface area contributed by atoms with Crippen LogP contribution in [0.3, 0.4) is 0 Å². The molecule has 1 aliphatic heterocycles. The zero-order valence-corrected chi connectivity index (χ0v) is 32.4. The van der Waals surface area contributed by atoms with Crippen LogP contribution in [0.5, 0.6) is 5.75 Å². The molecule has 0 radical (unpaired) electrons. The normalized spacial score (nSPS) is 17.3. The molecular weight excluding hydrogens is 751 g/mol. The number of ether oxygens (including phenoxy) is 6. The number of isothiocyanates is 1. The molecular formula is C38H49N5O10S2. The summed E-state index contributed by atoms with van der Waals surface area (Å²) < 4.78 is 35.8. The molecule has 0 unspecified atom stereocenters. The third-order valence-corrected chi connectivity index (χ3v) is 9.25. The van der Waals surface area contributed by atoms with Gasteiger partial charge in [0.2, 0.25) is 0 Å². The second-order valence-electron chi connectivity index (χ2n) is 12.2. The predicted molar refractivity (Wildman–Crippen MR) is 210 cm³/mol. The summed E-state index contributed by atoms with van der Waals surface area (Å²) in [6, 6.07) is 17.2. The van der Waals surface area contributed by atoms with Gasteiger partial charge in [-0.25, -0.2) is 19.6 Å². The number of carbonyl (C=O) groups is 2. The molecule has 2 N–H and O–H groups in total. The summed E-state index contributed by atoms with van der Waals surface area (Å²) in [6.45, 7) is 7.58. The van der Waals surface area contributed by atoms with Gasteiger partial charge in [-0.2, -0.15) is 16.8 Å². The summed E-state index contributed by atoms with van der Waals surface area (Å²) in [5, 5.41) is 21.1. The lowest BCUT2D eigenvalue weighted by atomic mass is 10.3. The van der Waals surface area contributed by atoms with E-state index >= 15 is 0 Å². The molecule has 0 saturated carbocycles. The van der Waals surface area contributed by atoms with Crippen molar-refractivity contribution in [2.45, 2.75) is 19.2 Å². The molecule has 17 heteroatoms. The first-order chi connectivity index (χ1) is 26.9. The molecule has 4 rings (SSSR count). The molecule has 2 aromatic heterocycles. The van der Waals surface area contributed by atoms with Gasteiger partial charge in [0, 0.05) is 50.8 Å². The lowest BCUT2D eigenvalue weighted by Crippen LogP contribution is -2.35. The third-order valence-electron chi connectivity index (χ3n) is 8.10. The Morgan fingerprint density at radius 3 is 1.95 bits per heavy atom. The van der Waals surface area contributed by atoms with E-state index < -0.39 is 11.9 Å². The number of pyridine rings is 2. The minimum Gasteiger partial charge on any atom is -0.491 e. The van der Waals surface area contributed by atoms with Gasteiger partial charge in [0.05, 0.1) is 87.8 Å². The minimum atomic E-state index is -1.07. The highest BCUT2D eigenvalue weighted by molar-refractivity contribution is 7.99. The molecule has 0 spiro atoms. The van der Waals surface area contributed by atoms with Crippen LogP contribution in [0.25, 0.3) is 0 Å². The molecule has 1 fully saturated rings. The van der Waals surface area contributed by atoms with Crippen LogP contribution < -0.4 is 4.74 Å². The van der Waals surface area contributed by atoms with E-state index in [9.17, 15) is 19.8 Å². The van der Waals surface area contributed by atoms with Gasteiger partial charge in [0.25, 0.3) is 0 Å². The molecule has 298 valence electrons. The molecule has 1 saturated heterocycles.